The smallest absolute Gasteiger partial charge is 0.435 e. The molecule has 1 N–H and O–H groups in total. The Kier molecular flexibility index (Phi) is 5.46. The second-order valence-electron chi connectivity index (χ2n) is 5.59. The molecule has 1 aromatic heterocycles. The Morgan fingerprint density at radius 1 is 1.11 bits per heavy atom. The lowest BCUT2D eigenvalue weighted by Gasteiger charge is -2.08. The van der Waals surface area contributed by atoms with Crippen LogP contribution in [0.5, 0.6) is 5.75 Å². The van der Waals surface area contributed by atoms with Crippen LogP contribution < -0.4 is 10.1 Å². The molecule has 0 atom stereocenters. The lowest BCUT2D eigenvalue weighted by molar-refractivity contribution is -0.141. The van der Waals surface area contributed by atoms with E-state index in [9.17, 15) is 18.0 Å². The number of nitrogens with one attached hydrogen (secondary N) is 1. The highest BCUT2D eigenvalue weighted by Crippen LogP contribution is 2.37. The molecular weight excluding hydrogens is 377 g/mol. The Hall–Kier alpha value is -2.87. The standard InChI is InChI=1S/C19H15F3N2O2S/c1-26-14-9-7-12(8-10-14)11-23-17(25)15-16(19(20,21)22)24-18(27-15)13-5-3-2-4-6-13/h2-10H,11H2,1H3,(H,23,25). The molecule has 0 spiro atoms. The van der Waals surface area contributed by atoms with E-state index in [2.05, 4.69) is 10.3 Å². The number of aromatic nitrogens is 1. The minimum absolute atomic E-state index is 0.0959. The largest absolute Gasteiger partial charge is 0.497 e. The maximum atomic E-state index is 13.3. The zero-order chi connectivity index (χ0) is 19.4. The van der Waals surface area contributed by atoms with Crippen LogP contribution >= 0.6 is 11.3 Å². The van der Waals surface area contributed by atoms with Gasteiger partial charge < -0.3 is 10.1 Å². The number of nitrogens with zero attached hydrogens (tertiary/aromatic N) is 1. The molecule has 0 saturated heterocycles. The van der Waals surface area contributed by atoms with Gasteiger partial charge in [0, 0.05) is 12.1 Å². The van der Waals surface area contributed by atoms with E-state index in [1.54, 1.807) is 54.6 Å². The van der Waals surface area contributed by atoms with E-state index in [0.29, 0.717) is 11.3 Å². The van der Waals surface area contributed by atoms with Crippen molar-refractivity contribution in [3.63, 3.8) is 0 Å². The van der Waals surface area contributed by atoms with E-state index < -0.39 is 22.7 Å². The maximum Gasteiger partial charge on any atom is 0.435 e. The molecular formula is C19H15F3N2O2S. The van der Waals surface area contributed by atoms with Crippen molar-refractivity contribution < 1.29 is 22.7 Å². The third kappa shape index (κ3) is 4.46. The van der Waals surface area contributed by atoms with Crippen LogP contribution in [0.15, 0.2) is 54.6 Å². The first kappa shape index (κ1) is 18.9. The van der Waals surface area contributed by atoms with Crippen LogP contribution in [0.4, 0.5) is 13.2 Å². The van der Waals surface area contributed by atoms with Crippen LogP contribution in [0.3, 0.4) is 0 Å². The number of thiazole rings is 1. The monoisotopic (exact) mass is 392 g/mol. The predicted octanol–water partition coefficient (Wildman–Crippen LogP) is 4.77. The first-order valence-corrected chi connectivity index (χ1v) is 8.74. The third-order valence-electron chi connectivity index (χ3n) is 3.73. The molecule has 0 fully saturated rings. The van der Waals surface area contributed by atoms with Crippen molar-refractivity contribution in [3.8, 4) is 16.3 Å². The average Bonchev–Trinajstić information content (AvgIpc) is 3.13. The number of hydrogen-bond donors (Lipinski definition) is 1. The zero-order valence-corrected chi connectivity index (χ0v) is 15.0. The molecule has 3 rings (SSSR count). The summed E-state index contributed by atoms with van der Waals surface area (Å²) in [6.07, 6.45) is -4.71. The summed E-state index contributed by atoms with van der Waals surface area (Å²) >= 11 is 0.726. The van der Waals surface area contributed by atoms with Gasteiger partial charge in [-0.15, -0.1) is 11.3 Å². The summed E-state index contributed by atoms with van der Waals surface area (Å²) < 4.78 is 45.0. The number of alkyl halides is 3. The van der Waals surface area contributed by atoms with Gasteiger partial charge in [-0.2, -0.15) is 13.2 Å². The molecule has 0 radical (unpaired) electrons. The lowest BCUT2D eigenvalue weighted by Crippen LogP contribution is -2.24. The van der Waals surface area contributed by atoms with E-state index in [1.807, 2.05) is 0 Å². The summed E-state index contributed by atoms with van der Waals surface area (Å²) in [5.74, 6) is -0.155. The van der Waals surface area contributed by atoms with E-state index in [4.69, 9.17) is 4.74 Å². The number of benzene rings is 2. The van der Waals surface area contributed by atoms with Crippen molar-refractivity contribution in [2.45, 2.75) is 12.7 Å². The van der Waals surface area contributed by atoms with Crippen molar-refractivity contribution in [2.24, 2.45) is 0 Å². The van der Waals surface area contributed by atoms with Crippen LogP contribution in [-0.2, 0) is 12.7 Å². The van der Waals surface area contributed by atoms with Gasteiger partial charge in [0.1, 0.15) is 15.6 Å². The van der Waals surface area contributed by atoms with Gasteiger partial charge in [-0.3, -0.25) is 4.79 Å². The molecule has 8 heteroatoms. The minimum Gasteiger partial charge on any atom is -0.497 e. The van der Waals surface area contributed by atoms with Gasteiger partial charge in [-0.05, 0) is 17.7 Å². The van der Waals surface area contributed by atoms with Crippen molar-refractivity contribution in [1.82, 2.24) is 10.3 Å². The van der Waals surface area contributed by atoms with Gasteiger partial charge in [-0.1, -0.05) is 42.5 Å². The summed E-state index contributed by atoms with van der Waals surface area (Å²) in [6, 6.07) is 15.3. The van der Waals surface area contributed by atoms with Gasteiger partial charge in [0.05, 0.1) is 7.11 Å². The number of ether oxygens (including phenoxy) is 1. The second-order valence-corrected chi connectivity index (χ2v) is 6.59. The fourth-order valence-electron chi connectivity index (χ4n) is 2.38. The highest BCUT2D eigenvalue weighted by molar-refractivity contribution is 7.17. The third-order valence-corrected chi connectivity index (χ3v) is 4.84. The van der Waals surface area contributed by atoms with Crippen LogP contribution in [0.2, 0.25) is 0 Å². The van der Waals surface area contributed by atoms with Crippen LogP contribution in [-0.4, -0.2) is 18.0 Å². The second kappa shape index (κ2) is 7.79. The van der Waals surface area contributed by atoms with E-state index in [0.717, 1.165) is 16.9 Å². The Morgan fingerprint density at radius 2 is 1.78 bits per heavy atom. The fraction of sp³-hybridized carbons (Fsp3) is 0.158. The SMILES string of the molecule is COc1ccc(CNC(=O)c2sc(-c3ccccc3)nc2C(F)(F)F)cc1. The number of carbonyl (C=O) groups is 1. The predicted molar refractivity (Wildman–Crippen MR) is 96.7 cm³/mol. The lowest BCUT2D eigenvalue weighted by atomic mass is 10.2. The molecule has 1 heterocycles. The number of halogens is 3. The summed E-state index contributed by atoms with van der Waals surface area (Å²) in [4.78, 5) is 15.6. The number of rotatable bonds is 5. The molecule has 27 heavy (non-hydrogen) atoms. The fourth-order valence-corrected chi connectivity index (χ4v) is 3.38. The molecule has 1 amide bonds. The van der Waals surface area contributed by atoms with Gasteiger partial charge >= 0.3 is 6.18 Å². The van der Waals surface area contributed by atoms with E-state index >= 15 is 0 Å². The van der Waals surface area contributed by atoms with E-state index in [1.165, 1.54) is 7.11 Å². The molecule has 0 aliphatic heterocycles. The quantitative estimate of drug-likeness (QED) is 0.681. The first-order chi connectivity index (χ1) is 12.9. The first-order valence-electron chi connectivity index (χ1n) is 7.93. The Balaban J connectivity index is 1.83. The summed E-state index contributed by atoms with van der Waals surface area (Å²) in [7, 11) is 1.53. The molecule has 0 aliphatic rings. The van der Waals surface area contributed by atoms with Crippen LogP contribution in [0.25, 0.3) is 10.6 Å². The highest BCUT2D eigenvalue weighted by Gasteiger charge is 2.39. The minimum atomic E-state index is -4.71. The molecule has 3 aromatic rings. The number of methoxy groups -OCH3 is 1. The normalized spacial score (nSPS) is 11.3. The van der Waals surface area contributed by atoms with Gasteiger partial charge in [0.15, 0.2) is 5.69 Å². The van der Waals surface area contributed by atoms with Gasteiger partial charge in [-0.25, -0.2) is 4.98 Å². The van der Waals surface area contributed by atoms with Gasteiger partial charge in [0.25, 0.3) is 5.91 Å². The summed E-state index contributed by atoms with van der Waals surface area (Å²) in [6.45, 7) is 0.0959. The molecule has 0 bridgehead atoms. The van der Waals surface area contributed by atoms with Crippen LogP contribution in [0, 0.1) is 0 Å². The van der Waals surface area contributed by atoms with Crippen molar-refractivity contribution in [3.05, 3.63) is 70.7 Å². The van der Waals surface area contributed by atoms with Gasteiger partial charge in [0.2, 0.25) is 0 Å². The zero-order valence-electron chi connectivity index (χ0n) is 14.2. The van der Waals surface area contributed by atoms with Crippen LogP contribution in [0.1, 0.15) is 20.9 Å². The number of amides is 1. The summed E-state index contributed by atoms with van der Waals surface area (Å²) in [5, 5.41) is 2.67. The average molecular weight is 392 g/mol. The maximum absolute atomic E-state index is 13.3. The molecule has 4 nitrogen and oxygen atoms in total. The number of carbonyl (C=O) groups excluding carboxylic acids is 1. The highest BCUT2D eigenvalue weighted by atomic mass is 32.1. The Bertz CT molecular complexity index is 922. The Labute approximate surface area is 157 Å². The van der Waals surface area contributed by atoms with E-state index in [-0.39, 0.29) is 11.6 Å². The summed E-state index contributed by atoms with van der Waals surface area (Å²) in [5.41, 5.74) is 0.103. The molecule has 140 valence electrons. The molecule has 2 aromatic carbocycles. The Morgan fingerprint density at radius 3 is 2.37 bits per heavy atom. The topological polar surface area (TPSA) is 51.2 Å². The number of hydrogen-bond acceptors (Lipinski definition) is 4. The van der Waals surface area contributed by atoms with Crippen molar-refractivity contribution >= 4 is 17.2 Å². The van der Waals surface area contributed by atoms with Crippen molar-refractivity contribution in [2.75, 3.05) is 7.11 Å². The molecule has 0 saturated carbocycles. The molecule has 0 aliphatic carbocycles. The van der Waals surface area contributed by atoms with Crippen molar-refractivity contribution in [1.29, 1.82) is 0 Å². The molecule has 0 unspecified atom stereocenters.